The first kappa shape index (κ1) is 45.4. The molecule has 320 valence electrons. The number of ether oxygens (including phenoxy) is 4. The predicted octanol–water partition coefficient (Wildman–Crippen LogP) is 10.3. The zero-order valence-electron chi connectivity index (χ0n) is 36.4. The van der Waals surface area contributed by atoms with Crippen molar-refractivity contribution < 1.29 is 38.1 Å². The first-order valence-electron chi connectivity index (χ1n) is 20.7. The molecule has 0 spiro atoms. The van der Waals surface area contributed by atoms with E-state index in [1.54, 1.807) is 37.5 Å². The lowest BCUT2D eigenvalue weighted by Crippen LogP contribution is -2.32. The number of nitrogens with one attached hydrogen (secondary N) is 2. The molecule has 0 bridgehead atoms. The van der Waals surface area contributed by atoms with Crippen molar-refractivity contribution in [3.8, 4) is 0 Å². The molecule has 60 heavy (non-hydrogen) atoms. The average molecular weight is 821 g/mol. The van der Waals surface area contributed by atoms with Gasteiger partial charge in [0, 0.05) is 11.4 Å². The molecule has 0 radical (unpaired) electrons. The highest BCUT2D eigenvalue weighted by atomic mass is 16.6. The smallest absolute Gasteiger partial charge is 0.411 e. The largest absolute Gasteiger partial charge is 0.447 e. The van der Waals surface area contributed by atoms with Crippen molar-refractivity contribution in [2.24, 2.45) is 5.41 Å². The molecule has 0 saturated carbocycles. The Labute approximate surface area is 354 Å². The van der Waals surface area contributed by atoms with Gasteiger partial charge in [0.1, 0.15) is 13.2 Å². The average Bonchev–Trinajstić information content (AvgIpc) is 3.43. The fourth-order valence-electron chi connectivity index (χ4n) is 6.87. The van der Waals surface area contributed by atoms with E-state index < -0.39 is 12.2 Å². The van der Waals surface area contributed by atoms with Crippen LogP contribution in [0, 0.1) is 5.41 Å². The van der Waals surface area contributed by atoms with Crippen LogP contribution in [0.3, 0.4) is 0 Å². The van der Waals surface area contributed by atoms with Crippen LogP contribution in [0.25, 0.3) is 0 Å². The zero-order chi connectivity index (χ0) is 43.6. The lowest BCUT2D eigenvalue weighted by Gasteiger charge is -2.26. The summed E-state index contributed by atoms with van der Waals surface area (Å²) in [5.74, 6) is -0.280. The van der Waals surface area contributed by atoms with E-state index >= 15 is 0 Å². The number of carbonyl (C=O) groups is 4. The molecule has 0 aliphatic carbocycles. The van der Waals surface area contributed by atoms with Crippen molar-refractivity contribution in [3.63, 3.8) is 0 Å². The maximum atomic E-state index is 13.3. The molecular weight excluding hydrogens is 761 g/mol. The number of para-hydroxylation sites is 2. The molecule has 2 N–H and O–H groups in total. The van der Waals surface area contributed by atoms with Crippen molar-refractivity contribution in [1.82, 2.24) is 0 Å². The van der Waals surface area contributed by atoms with Gasteiger partial charge in [0.15, 0.2) is 0 Å². The number of nitrogens with zero attached hydrogens (tertiary/aromatic N) is 2. The third-order valence-electron chi connectivity index (χ3n) is 9.42. The van der Waals surface area contributed by atoms with Gasteiger partial charge in [0.2, 0.25) is 0 Å². The molecule has 12 nitrogen and oxygen atoms in total. The van der Waals surface area contributed by atoms with E-state index in [1.807, 2.05) is 92.7 Å². The number of fused-ring (bicyclic) bond motifs is 4. The summed E-state index contributed by atoms with van der Waals surface area (Å²) in [5, 5.41) is 5.51. The Hall–Kier alpha value is -5.72. The first-order valence-corrected chi connectivity index (χ1v) is 20.7. The van der Waals surface area contributed by atoms with Gasteiger partial charge in [0.05, 0.1) is 47.7 Å². The molecule has 0 aromatic heterocycles. The zero-order valence-corrected chi connectivity index (χ0v) is 36.4. The fourth-order valence-corrected chi connectivity index (χ4v) is 6.87. The summed E-state index contributed by atoms with van der Waals surface area (Å²) in [4.78, 5) is 54.0. The van der Waals surface area contributed by atoms with Crippen LogP contribution in [0.2, 0.25) is 0 Å². The standard InChI is InChI=1S/C25H32N2O4.C23H28N2O4/c1-17(2)31-24(29)26-20-13-12-19-11-10-18-8-6-7-9-21(18)27(22(19)14-20)23(28)15-30-16-25(3,4)5;1-15(2)28-14-22(26)25-20-8-6-5-7-17(20)9-10-18-11-12-19(13-21(18)25)24-23(27)29-16(3)4/h6-9,12-14,17H,10-11,15-16H2,1-5H3,(H,26,29);5-8,11-13,15-16H,9-10,14H2,1-4H3,(H,24,27). The van der Waals surface area contributed by atoms with E-state index in [0.717, 1.165) is 70.7 Å². The quantitative estimate of drug-likeness (QED) is 0.161. The van der Waals surface area contributed by atoms with Gasteiger partial charge in [-0.2, -0.15) is 0 Å². The molecule has 0 saturated heterocycles. The Balaban J connectivity index is 0.000000228. The summed E-state index contributed by atoms with van der Waals surface area (Å²) in [6.07, 6.45) is 1.76. The van der Waals surface area contributed by atoms with Gasteiger partial charge in [-0.25, -0.2) is 9.59 Å². The van der Waals surface area contributed by atoms with E-state index in [2.05, 4.69) is 37.5 Å². The SMILES string of the molecule is CC(C)OC(=O)Nc1ccc2c(c1)N(C(=O)COCC(C)(C)C)c1ccccc1CC2.CC(C)OCC(=O)N1c2ccccc2CCc2ccc(NC(=O)OC(C)C)cc21. The Morgan fingerprint density at radius 2 is 0.950 bits per heavy atom. The van der Waals surface area contributed by atoms with Crippen LogP contribution in [0.5, 0.6) is 0 Å². The van der Waals surface area contributed by atoms with Gasteiger partial charge < -0.3 is 18.9 Å². The van der Waals surface area contributed by atoms with E-state index in [0.29, 0.717) is 18.0 Å². The van der Waals surface area contributed by atoms with Crippen LogP contribution in [0.4, 0.5) is 43.7 Å². The molecule has 0 unspecified atom stereocenters. The summed E-state index contributed by atoms with van der Waals surface area (Å²) < 4.78 is 21.7. The minimum atomic E-state index is -0.519. The maximum Gasteiger partial charge on any atom is 0.411 e. The second kappa shape index (κ2) is 20.5. The van der Waals surface area contributed by atoms with Crippen molar-refractivity contribution in [1.29, 1.82) is 0 Å². The normalized spacial score (nSPS) is 13.1. The van der Waals surface area contributed by atoms with E-state index in [-0.39, 0.29) is 48.8 Å². The fraction of sp³-hybridized carbons (Fsp3) is 0.417. The van der Waals surface area contributed by atoms with E-state index in [9.17, 15) is 19.2 Å². The van der Waals surface area contributed by atoms with Gasteiger partial charge in [-0.1, -0.05) is 69.3 Å². The van der Waals surface area contributed by atoms with Crippen LogP contribution in [0.1, 0.15) is 84.6 Å². The van der Waals surface area contributed by atoms with Crippen molar-refractivity contribution in [2.75, 3.05) is 40.3 Å². The molecule has 4 amide bonds. The highest BCUT2D eigenvalue weighted by Gasteiger charge is 2.28. The lowest BCUT2D eigenvalue weighted by atomic mass is 9.99. The maximum absolute atomic E-state index is 13.3. The molecule has 0 atom stereocenters. The topological polar surface area (TPSA) is 136 Å². The summed E-state index contributed by atoms with van der Waals surface area (Å²) >= 11 is 0. The number of amides is 4. The van der Waals surface area contributed by atoms with E-state index in [4.69, 9.17) is 18.9 Å². The predicted molar refractivity (Wildman–Crippen MR) is 237 cm³/mol. The molecular formula is C48H60N4O8. The number of carbonyl (C=O) groups excluding carboxylic acids is 4. The summed E-state index contributed by atoms with van der Waals surface area (Å²) in [6.45, 7) is 17.7. The molecule has 2 heterocycles. The van der Waals surface area contributed by atoms with Crippen molar-refractivity contribution >= 4 is 58.1 Å². The summed E-state index contributed by atoms with van der Waals surface area (Å²) in [5.41, 5.74) is 8.66. The molecule has 2 aliphatic heterocycles. The van der Waals surface area contributed by atoms with Crippen LogP contribution in [-0.4, -0.2) is 62.1 Å². The first-order chi connectivity index (χ1) is 28.5. The molecule has 4 aromatic rings. The van der Waals surface area contributed by atoms with E-state index in [1.165, 1.54) is 0 Å². The third-order valence-corrected chi connectivity index (χ3v) is 9.42. The van der Waals surface area contributed by atoms with Crippen LogP contribution in [-0.2, 0) is 54.2 Å². The number of hydrogen-bond acceptors (Lipinski definition) is 8. The Bertz CT molecular complexity index is 2140. The lowest BCUT2D eigenvalue weighted by molar-refractivity contribution is -0.124. The highest BCUT2D eigenvalue weighted by Crippen LogP contribution is 2.39. The number of hydrogen-bond donors (Lipinski definition) is 2. The number of rotatable bonds is 10. The van der Waals surface area contributed by atoms with Gasteiger partial charge >= 0.3 is 12.2 Å². The highest BCUT2D eigenvalue weighted by molar-refractivity contribution is 6.05. The number of anilines is 6. The summed E-state index contributed by atoms with van der Waals surface area (Å²) in [7, 11) is 0. The third kappa shape index (κ3) is 12.6. The minimum absolute atomic E-state index is 0.0154. The second-order valence-corrected chi connectivity index (χ2v) is 17.0. The number of aryl methyl sites for hydroxylation is 4. The minimum Gasteiger partial charge on any atom is -0.447 e. The monoisotopic (exact) mass is 820 g/mol. The summed E-state index contributed by atoms with van der Waals surface area (Å²) in [6, 6.07) is 27.1. The van der Waals surface area contributed by atoms with Gasteiger partial charge in [-0.3, -0.25) is 30.0 Å². The Kier molecular flexibility index (Phi) is 15.5. The van der Waals surface area contributed by atoms with Gasteiger partial charge in [-0.05, 0) is 131 Å². The molecule has 6 rings (SSSR count). The Morgan fingerprint density at radius 1 is 0.550 bits per heavy atom. The van der Waals surface area contributed by atoms with Crippen LogP contribution >= 0.6 is 0 Å². The van der Waals surface area contributed by atoms with Crippen LogP contribution in [0.15, 0.2) is 84.9 Å². The molecule has 12 heteroatoms. The second-order valence-electron chi connectivity index (χ2n) is 17.0. The van der Waals surface area contributed by atoms with Gasteiger partial charge in [0.25, 0.3) is 11.8 Å². The number of benzene rings is 4. The van der Waals surface area contributed by atoms with Crippen LogP contribution < -0.4 is 20.4 Å². The van der Waals surface area contributed by atoms with Crippen molar-refractivity contribution in [2.45, 2.75) is 106 Å². The Morgan fingerprint density at radius 3 is 1.35 bits per heavy atom. The molecule has 2 aliphatic rings. The van der Waals surface area contributed by atoms with Gasteiger partial charge in [-0.15, -0.1) is 0 Å². The van der Waals surface area contributed by atoms with Crippen molar-refractivity contribution in [3.05, 3.63) is 107 Å². The molecule has 4 aromatic carbocycles. The molecule has 0 fully saturated rings.